The lowest BCUT2D eigenvalue weighted by atomic mass is 10.2. The molecule has 2 aliphatic heterocycles. The van der Waals surface area contributed by atoms with Crippen LogP contribution in [0.4, 0.5) is 16.3 Å². The van der Waals surface area contributed by atoms with Crippen LogP contribution in [-0.2, 0) is 4.74 Å². The molecule has 2 saturated heterocycles. The first-order chi connectivity index (χ1) is 19.1. The number of halogens is 1. The van der Waals surface area contributed by atoms with Crippen molar-refractivity contribution in [3.63, 3.8) is 0 Å². The van der Waals surface area contributed by atoms with Crippen molar-refractivity contribution in [2.75, 3.05) is 25.0 Å². The first-order valence-corrected chi connectivity index (χ1v) is 13.9. The van der Waals surface area contributed by atoms with E-state index in [1.165, 1.54) is 17.7 Å². The summed E-state index contributed by atoms with van der Waals surface area (Å²) in [5.74, 6) is 8.16. The van der Waals surface area contributed by atoms with E-state index in [9.17, 15) is 4.79 Å². The number of nitrogens with zero attached hydrogens (tertiary/aromatic N) is 4. The predicted octanol–water partition coefficient (Wildman–Crippen LogP) is 5.59. The molecule has 0 bridgehead atoms. The number of likely N-dealkylation sites (tertiary alicyclic amines) is 1. The molecule has 9 nitrogen and oxygen atoms in total. The number of carbonyl (C=O) groups excluding carboxylic acids is 1. The van der Waals surface area contributed by atoms with Crippen molar-refractivity contribution in [2.24, 2.45) is 0 Å². The minimum atomic E-state index is -0.215. The van der Waals surface area contributed by atoms with Crippen molar-refractivity contribution in [1.29, 1.82) is 0 Å². The van der Waals surface area contributed by atoms with Gasteiger partial charge in [0.15, 0.2) is 0 Å². The summed E-state index contributed by atoms with van der Waals surface area (Å²) < 4.78 is 11.4. The molecule has 0 radical (unpaired) electrons. The lowest BCUT2D eigenvalue weighted by molar-refractivity contribution is 0.0763. The Labute approximate surface area is 234 Å². The van der Waals surface area contributed by atoms with Crippen LogP contribution in [0.3, 0.4) is 0 Å². The molecule has 3 aromatic heterocycles. The number of fused-ring (bicyclic) bond motifs is 1. The molecule has 0 saturated carbocycles. The van der Waals surface area contributed by atoms with E-state index in [1.54, 1.807) is 29.3 Å². The number of pyridine rings is 1. The molecule has 11 heteroatoms. The molecule has 0 spiro atoms. The SMILES string of the molecule is O=C(O[C@H]1CN[C@H](C#Cc2cc3c(Nc4ccc(Oc5ccccn5)c(Cl)c4)ncnc3s2)C1)N1CCCC1. The highest BCUT2D eigenvalue weighted by Crippen LogP contribution is 2.34. The van der Waals surface area contributed by atoms with E-state index in [1.807, 2.05) is 24.3 Å². The van der Waals surface area contributed by atoms with E-state index < -0.39 is 0 Å². The van der Waals surface area contributed by atoms with Crippen LogP contribution in [0.15, 0.2) is 55.0 Å². The Morgan fingerprint density at radius 3 is 2.87 bits per heavy atom. The fourth-order valence-electron chi connectivity index (χ4n) is 4.51. The lowest BCUT2D eigenvalue weighted by Crippen LogP contribution is -2.32. The number of aromatic nitrogens is 3. The van der Waals surface area contributed by atoms with E-state index in [-0.39, 0.29) is 18.2 Å². The van der Waals surface area contributed by atoms with Gasteiger partial charge in [0.1, 0.15) is 28.8 Å². The maximum absolute atomic E-state index is 12.3. The van der Waals surface area contributed by atoms with Crippen LogP contribution >= 0.6 is 22.9 Å². The Morgan fingerprint density at radius 1 is 1.15 bits per heavy atom. The third-order valence-corrected chi connectivity index (χ3v) is 7.72. The first-order valence-electron chi connectivity index (χ1n) is 12.7. The van der Waals surface area contributed by atoms with Crippen molar-refractivity contribution >= 4 is 50.8 Å². The van der Waals surface area contributed by atoms with Crippen LogP contribution in [0, 0.1) is 11.8 Å². The molecule has 1 amide bonds. The fraction of sp³-hybridized carbons (Fsp3) is 0.286. The minimum Gasteiger partial charge on any atom is -0.445 e. The summed E-state index contributed by atoms with van der Waals surface area (Å²) in [5, 5.41) is 7.98. The van der Waals surface area contributed by atoms with Gasteiger partial charge in [0.2, 0.25) is 5.88 Å². The number of rotatable bonds is 5. The van der Waals surface area contributed by atoms with Crippen molar-refractivity contribution in [3.8, 4) is 23.5 Å². The lowest BCUT2D eigenvalue weighted by Gasteiger charge is -2.18. The molecule has 0 aliphatic carbocycles. The summed E-state index contributed by atoms with van der Waals surface area (Å²) in [6.45, 7) is 2.18. The zero-order chi connectivity index (χ0) is 26.6. The van der Waals surface area contributed by atoms with Gasteiger partial charge in [0.05, 0.1) is 21.3 Å². The topological polar surface area (TPSA) is 102 Å². The van der Waals surface area contributed by atoms with Crippen LogP contribution in [-0.4, -0.2) is 57.7 Å². The quantitative estimate of drug-likeness (QED) is 0.305. The predicted molar refractivity (Wildman–Crippen MR) is 151 cm³/mol. The number of thiophene rings is 1. The van der Waals surface area contributed by atoms with Crippen LogP contribution in [0.25, 0.3) is 10.2 Å². The van der Waals surface area contributed by atoms with Gasteiger partial charge in [-0.15, -0.1) is 11.3 Å². The number of ether oxygens (including phenoxy) is 2. The highest BCUT2D eigenvalue weighted by molar-refractivity contribution is 7.19. The zero-order valence-electron chi connectivity index (χ0n) is 20.9. The highest BCUT2D eigenvalue weighted by atomic mass is 35.5. The van der Waals surface area contributed by atoms with Gasteiger partial charge in [-0.05, 0) is 43.2 Å². The molecular formula is C28H25ClN6O3S. The van der Waals surface area contributed by atoms with E-state index in [2.05, 4.69) is 37.4 Å². The zero-order valence-corrected chi connectivity index (χ0v) is 22.5. The maximum Gasteiger partial charge on any atom is 0.410 e. The molecule has 39 heavy (non-hydrogen) atoms. The van der Waals surface area contributed by atoms with Gasteiger partial charge in [-0.25, -0.2) is 19.7 Å². The van der Waals surface area contributed by atoms with Crippen molar-refractivity contribution < 1.29 is 14.3 Å². The minimum absolute atomic E-state index is 0.0377. The van der Waals surface area contributed by atoms with E-state index in [0.717, 1.165) is 46.7 Å². The first kappa shape index (κ1) is 25.4. The maximum atomic E-state index is 12.3. The van der Waals surface area contributed by atoms with Gasteiger partial charge in [-0.3, -0.25) is 5.32 Å². The summed E-state index contributed by atoms with van der Waals surface area (Å²) in [7, 11) is 0. The van der Waals surface area contributed by atoms with Gasteiger partial charge < -0.3 is 19.7 Å². The summed E-state index contributed by atoms with van der Waals surface area (Å²) in [6, 6.07) is 12.8. The molecule has 2 atom stereocenters. The third kappa shape index (κ3) is 6.06. The van der Waals surface area contributed by atoms with E-state index in [0.29, 0.717) is 35.4 Å². The number of anilines is 2. The number of benzene rings is 1. The second-order valence-electron chi connectivity index (χ2n) is 9.26. The molecule has 2 fully saturated rings. The smallest absolute Gasteiger partial charge is 0.410 e. The normalized spacial score (nSPS) is 18.5. The average molecular weight is 561 g/mol. The molecule has 6 rings (SSSR count). The Morgan fingerprint density at radius 2 is 2.05 bits per heavy atom. The Bertz CT molecular complexity index is 1550. The van der Waals surface area contributed by atoms with Crippen molar-refractivity contribution in [3.05, 3.63) is 64.9 Å². The number of nitrogens with one attached hydrogen (secondary N) is 2. The summed E-state index contributed by atoms with van der Waals surface area (Å²) >= 11 is 7.97. The Balaban J connectivity index is 1.11. The van der Waals surface area contributed by atoms with Gasteiger partial charge in [0.25, 0.3) is 0 Å². The monoisotopic (exact) mass is 560 g/mol. The standard InChI is InChI=1S/C28H25ClN6O3S/c29-23-14-19(7-9-24(23)38-25-5-1-2-10-30-25)34-26-22-15-21(39-27(22)33-17-32-26)8-6-18-13-20(16-31-18)37-28(36)35-11-3-4-12-35/h1-2,5,7,9-10,14-15,17-18,20,31H,3-4,11-13,16H2,(H,32,33,34)/t18-,20-/m1/s1. The molecule has 2 N–H and O–H groups in total. The van der Waals surface area contributed by atoms with E-state index in [4.69, 9.17) is 21.1 Å². The van der Waals surface area contributed by atoms with Crippen LogP contribution < -0.4 is 15.4 Å². The molecule has 5 heterocycles. The second kappa shape index (κ2) is 11.5. The van der Waals surface area contributed by atoms with Crippen molar-refractivity contribution in [1.82, 2.24) is 25.2 Å². The number of hydrogen-bond acceptors (Lipinski definition) is 9. The highest BCUT2D eigenvalue weighted by Gasteiger charge is 2.28. The van der Waals surface area contributed by atoms with Crippen LogP contribution in [0.1, 0.15) is 24.1 Å². The molecule has 2 aliphatic rings. The van der Waals surface area contributed by atoms with Crippen LogP contribution in [0.2, 0.25) is 5.02 Å². The second-order valence-corrected chi connectivity index (χ2v) is 10.7. The van der Waals surface area contributed by atoms with Gasteiger partial charge >= 0.3 is 6.09 Å². The average Bonchev–Trinajstić information content (AvgIpc) is 3.71. The molecular weight excluding hydrogens is 536 g/mol. The number of hydrogen-bond donors (Lipinski definition) is 2. The summed E-state index contributed by atoms with van der Waals surface area (Å²) in [5.41, 5.74) is 0.761. The number of amides is 1. The van der Waals surface area contributed by atoms with Crippen molar-refractivity contribution in [2.45, 2.75) is 31.4 Å². The van der Waals surface area contributed by atoms with Gasteiger partial charge in [-0.2, -0.15) is 0 Å². The fourth-order valence-corrected chi connectivity index (χ4v) is 5.59. The molecule has 1 aromatic carbocycles. The van der Waals surface area contributed by atoms with Gasteiger partial charge in [0, 0.05) is 44.0 Å². The summed E-state index contributed by atoms with van der Waals surface area (Å²) in [4.78, 5) is 28.8. The molecule has 4 aromatic rings. The third-order valence-electron chi connectivity index (χ3n) is 6.47. The number of carbonyl (C=O) groups is 1. The largest absolute Gasteiger partial charge is 0.445 e. The molecule has 198 valence electrons. The van der Waals surface area contributed by atoms with E-state index >= 15 is 0 Å². The summed E-state index contributed by atoms with van der Waals surface area (Å²) in [6.07, 6.45) is 5.57. The Hall–Kier alpha value is -3.91. The van der Waals surface area contributed by atoms with Gasteiger partial charge in [-0.1, -0.05) is 29.5 Å². The van der Waals surface area contributed by atoms with Crippen LogP contribution in [0.5, 0.6) is 11.6 Å². The Kier molecular flexibility index (Phi) is 7.45. The molecule has 0 unspecified atom stereocenters.